The van der Waals surface area contributed by atoms with Crippen molar-refractivity contribution in [3.05, 3.63) is 58.1 Å². The molecule has 0 aliphatic heterocycles. The molecule has 2 N–H and O–H groups in total. The van der Waals surface area contributed by atoms with Gasteiger partial charge < -0.3 is 15.2 Å². The molecule has 0 aliphatic rings. The Hall–Kier alpha value is -2.25. The lowest BCUT2D eigenvalue weighted by Crippen LogP contribution is -2.12. The van der Waals surface area contributed by atoms with Crippen LogP contribution in [0.5, 0.6) is 5.75 Å². The molecular weight excluding hydrogens is 347 g/mol. The third-order valence-corrected chi connectivity index (χ3v) is 3.38. The molecule has 0 aliphatic carbocycles. The number of carbonyl (C=O) groups excluding carboxylic acids is 1. The van der Waals surface area contributed by atoms with Crippen LogP contribution in [0.1, 0.15) is 21.5 Å². The van der Waals surface area contributed by atoms with Gasteiger partial charge >= 0.3 is 6.18 Å². The van der Waals surface area contributed by atoms with E-state index in [1.165, 1.54) is 25.3 Å². The van der Waals surface area contributed by atoms with E-state index in [4.69, 9.17) is 26.8 Å². The summed E-state index contributed by atoms with van der Waals surface area (Å²) < 4.78 is 48.6. The Morgan fingerprint density at radius 2 is 1.88 bits per heavy atom. The number of nitrogen functional groups attached to an aromatic ring is 1. The van der Waals surface area contributed by atoms with Crippen LogP contribution in [-0.2, 0) is 10.9 Å². The third-order valence-electron chi connectivity index (χ3n) is 3.14. The summed E-state index contributed by atoms with van der Waals surface area (Å²) in [4.78, 5) is 12.7. The van der Waals surface area contributed by atoms with Crippen LogP contribution in [0.4, 0.5) is 18.9 Å². The third kappa shape index (κ3) is 3.98. The van der Waals surface area contributed by atoms with E-state index >= 15 is 0 Å². The molecular formula is C16H13ClF3NO3. The summed E-state index contributed by atoms with van der Waals surface area (Å²) in [7, 11) is 1.39. The smallest absolute Gasteiger partial charge is 0.416 e. The molecule has 2 rings (SSSR count). The van der Waals surface area contributed by atoms with Gasteiger partial charge in [0.1, 0.15) is 5.75 Å². The van der Waals surface area contributed by atoms with E-state index in [2.05, 4.69) is 0 Å². The Morgan fingerprint density at radius 1 is 1.17 bits per heavy atom. The molecule has 0 saturated carbocycles. The number of hydrogen-bond donors (Lipinski definition) is 1. The van der Waals surface area contributed by atoms with Crippen molar-refractivity contribution in [3.8, 4) is 5.75 Å². The predicted octanol–water partition coefficient (Wildman–Crippen LogP) is 4.15. The molecule has 0 aromatic heterocycles. The highest BCUT2D eigenvalue weighted by Gasteiger charge is 2.32. The monoisotopic (exact) mass is 359 g/mol. The molecule has 8 heteroatoms. The van der Waals surface area contributed by atoms with Gasteiger partial charge in [0.05, 0.1) is 11.1 Å². The lowest BCUT2D eigenvalue weighted by Gasteiger charge is -2.13. The van der Waals surface area contributed by atoms with Gasteiger partial charge in [-0.2, -0.15) is 13.2 Å². The highest BCUT2D eigenvalue weighted by atomic mass is 35.5. The van der Waals surface area contributed by atoms with Crippen molar-refractivity contribution in [2.75, 3.05) is 19.6 Å². The van der Waals surface area contributed by atoms with Crippen LogP contribution < -0.4 is 10.5 Å². The van der Waals surface area contributed by atoms with Crippen LogP contribution in [-0.4, -0.2) is 19.7 Å². The van der Waals surface area contributed by atoms with E-state index in [0.717, 1.165) is 12.1 Å². The molecule has 0 radical (unpaired) electrons. The lowest BCUT2D eigenvalue weighted by atomic mass is 9.98. The Balaban J connectivity index is 2.51. The molecule has 0 bridgehead atoms. The van der Waals surface area contributed by atoms with Crippen molar-refractivity contribution in [1.29, 1.82) is 0 Å². The molecule has 4 nitrogen and oxygen atoms in total. The van der Waals surface area contributed by atoms with Gasteiger partial charge in [0, 0.05) is 23.4 Å². The number of halogens is 4. The molecule has 24 heavy (non-hydrogen) atoms. The van der Waals surface area contributed by atoms with Crippen molar-refractivity contribution in [2.24, 2.45) is 0 Å². The quantitative estimate of drug-likeness (QED) is 0.495. The molecule has 0 atom stereocenters. The van der Waals surface area contributed by atoms with Crippen molar-refractivity contribution in [2.45, 2.75) is 6.18 Å². The Morgan fingerprint density at radius 3 is 2.50 bits per heavy atom. The molecule has 0 saturated heterocycles. The molecule has 2 aromatic carbocycles. The largest absolute Gasteiger partial charge is 0.467 e. The fourth-order valence-electron chi connectivity index (χ4n) is 2.00. The average Bonchev–Trinajstić information content (AvgIpc) is 2.52. The van der Waals surface area contributed by atoms with Gasteiger partial charge in [-0.05, 0) is 36.4 Å². The van der Waals surface area contributed by atoms with E-state index in [1.54, 1.807) is 0 Å². The molecule has 0 spiro atoms. The molecule has 2 aromatic rings. The first-order valence-corrected chi connectivity index (χ1v) is 7.04. The maximum absolute atomic E-state index is 12.9. The summed E-state index contributed by atoms with van der Waals surface area (Å²) in [5.74, 6) is -0.602. The molecule has 0 heterocycles. The van der Waals surface area contributed by atoms with Gasteiger partial charge in [-0.15, -0.1) is 0 Å². The van der Waals surface area contributed by atoms with E-state index < -0.39 is 17.5 Å². The molecule has 128 valence electrons. The van der Waals surface area contributed by atoms with Crippen molar-refractivity contribution in [3.63, 3.8) is 0 Å². The standard InChI is InChI=1S/C16H13ClF3NO3/c1-23-8-24-14-5-3-10(17)7-12(14)15(22)11-6-9(16(18,19)20)2-4-13(11)21/h2-7H,8,21H2,1H3. The van der Waals surface area contributed by atoms with E-state index in [-0.39, 0.29) is 34.4 Å². The summed E-state index contributed by atoms with van der Waals surface area (Å²) in [5.41, 5.74) is 4.33. The second-order valence-corrected chi connectivity index (χ2v) is 5.26. The minimum Gasteiger partial charge on any atom is -0.467 e. The van der Waals surface area contributed by atoms with Gasteiger partial charge in [0.15, 0.2) is 12.6 Å². The van der Waals surface area contributed by atoms with Crippen molar-refractivity contribution in [1.82, 2.24) is 0 Å². The number of alkyl halides is 3. The van der Waals surface area contributed by atoms with E-state index in [1.807, 2.05) is 0 Å². The predicted molar refractivity (Wildman–Crippen MR) is 83.2 cm³/mol. The Kier molecular flexibility index (Phi) is 5.36. The number of carbonyl (C=O) groups is 1. The summed E-state index contributed by atoms with van der Waals surface area (Å²) in [6, 6.07) is 6.77. The van der Waals surface area contributed by atoms with Gasteiger partial charge in [-0.25, -0.2) is 0 Å². The van der Waals surface area contributed by atoms with E-state index in [9.17, 15) is 18.0 Å². The molecule has 0 fully saturated rings. The second kappa shape index (κ2) is 7.11. The fourth-order valence-corrected chi connectivity index (χ4v) is 2.17. The SMILES string of the molecule is COCOc1ccc(Cl)cc1C(=O)c1cc(C(F)(F)F)ccc1N. The van der Waals surface area contributed by atoms with Crippen LogP contribution in [0, 0.1) is 0 Å². The van der Waals surface area contributed by atoms with Gasteiger partial charge in [0.25, 0.3) is 0 Å². The minimum atomic E-state index is -4.59. The number of methoxy groups -OCH3 is 1. The molecule has 0 amide bonds. The first kappa shape index (κ1) is 18.1. The zero-order chi connectivity index (χ0) is 17.9. The first-order valence-electron chi connectivity index (χ1n) is 6.66. The summed E-state index contributed by atoms with van der Waals surface area (Å²) in [6.45, 7) is -0.139. The van der Waals surface area contributed by atoms with E-state index in [0.29, 0.717) is 6.07 Å². The van der Waals surface area contributed by atoms with Crippen molar-refractivity contribution >= 4 is 23.1 Å². The zero-order valence-electron chi connectivity index (χ0n) is 12.5. The average molecular weight is 360 g/mol. The van der Waals surface area contributed by atoms with Crippen LogP contribution in [0.25, 0.3) is 0 Å². The normalized spacial score (nSPS) is 11.4. The highest BCUT2D eigenvalue weighted by Crippen LogP contribution is 2.33. The number of ketones is 1. The second-order valence-electron chi connectivity index (χ2n) is 4.82. The maximum atomic E-state index is 12.9. The fraction of sp³-hybridized carbons (Fsp3) is 0.188. The highest BCUT2D eigenvalue weighted by molar-refractivity contribution is 6.31. The number of ether oxygens (including phenoxy) is 2. The van der Waals surface area contributed by atoms with Gasteiger partial charge in [0.2, 0.25) is 0 Å². The Bertz CT molecular complexity index is 763. The zero-order valence-corrected chi connectivity index (χ0v) is 13.2. The number of benzene rings is 2. The molecule has 0 unspecified atom stereocenters. The summed E-state index contributed by atoms with van der Waals surface area (Å²) >= 11 is 5.88. The topological polar surface area (TPSA) is 61.5 Å². The first-order chi connectivity index (χ1) is 11.2. The Labute approximate surface area is 140 Å². The van der Waals surface area contributed by atoms with Crippen LogP contribution in [0.3, 0.4) is 0 Å². The number of nitrogens with two attached hydrogens (primary N) is 1. The number of anilines is 1. The maximum Gasteiger partial charge on any atom is 0.416 e. The van der Waals surface area contributed by atoms with Gasteiger partial charge in [-0.1, -0.05) is 11.6 Å². The minimum absolute atomic E-state index is 0.00873. The van der Waals surface area contributed by atoms with Crippen LogP contribution in [0.2, 0.25) is 5.02 Å². The number of rotatable bonds is 5. The van der Waals surface area contributed by atoms with Crippen LogP contribution in [0.15, 0.2) is 36.4 Å². The van der Waals surface area contributed by atoms with Crippen molar-refractivity contribution < 1.29 is 27.4 Å². The summed E-state index contributed by atoms with van der Waals surface area (Å²) in [5, 5.41) is 0.230. The summed E-state index contributed by atoms with van der Waals surface area (Å²) in [6.07, 6.45) is -4.59. The number of hydrogen-bond acceptors (Lipinski definition) is 4. The van der Waals surface area contributed by atoms with Gasteiger partial charge in [-0.3, -0.25) is 4.79 Å². The lowest BCUT2D eigenvalue weighted by molar-refractivity contribution is -0.137. The van der Waals surface area contributed by atoms with Crippen LogP contribution >= 0.6 is 11.6 Å².